The first-order valence-electron chi connectivity index (χ1n) is 8.58. The van der Waals surface area contributed by atoms with Crippen LogP contribution in [0.25, 0.3) is 11.3 Å². The highest BCUT2D eigenvalue weighted by Crippen LogP contribution is 2.33. The number of hydrogen-bond donors (Lipinski definition) is 1. The minimum absolute atomic E-state index is 0.0471. The third kappa shape index (κ3) is 4.37. The van der Waals surface area contributed by atoms with E-state index in [0.717, 1.165) is 11.6 Å². The van der Waals surface area contributed by atoms with Crippen LogP contribution in [0.5, 0.6) is 5.75 Å². The summed E-state index contributed by atoms with van der Waals surface area (Å²) in [7, 11) is -2.65. The minimum Gasteiger partial charge on any atom is -0.496 e. The molecule has 154 valence electrons. The van der Waals surface area contributed by atoms with Crippen molar-refractivity contribution in [2.45, 2.75) is 24.4 Å². The Kier molecular flexibility index (Phi) is 5.56. The zero-order valence-electron chi connectivity index (χ0n) is 15.6. The summed E-state index contributed by atoms with van der Waals surface area (Å²) < 4.78 is 70.2. The average molecular weight is 425 g/mol. The summed E-state index contributed by atoms with van der Waals surface area (Å²) in [5, 5.41) is 3.44. The Bertz CT molecular complexity index is 1110. The summed E-state index contributed by atoms with van der Waals surface area (Å²) in [6, 6.07) is 12.9. The van der Waals surface area contributed by atoms with Gasteiger partial charge in [0.05, 0.1) is 17.7 Å². The fourth-order valence-electron chi connectivity index (χ4n) is 2.78. The Morgan fingerprint density at radius 2 is 1.79 bits per heavy atom. The maximum absolute atomic E-state index is 13.2. The van der Waals surface area contributed by atoms with Gasteiger partial charge in [0.1, 0.15) is 5.75 Å². The second kappa shape index (κ2) is 7.78. The van der Waals surface area contributed by atoms with E-state index in [1.165, 1.54) is 31.4 Å². The number of sulfonamides is 1. The van der Waals surface area contributed by atoms with Crippen LogP contribution in [-0.4, -0.2) is 25.4 Å². The number of alkyl halides is 3. The molecule has 29 heavy (non-hydrogen) atoms. The van der Waals surface area contributed by atoms with Crippen LogP contribution < -0.4 is 9.57 Å². The molecule has 0 saturated heterocycles. The molecule has 0 unspecified atom stereocenters. The van der Waals surface area contributed by atoms with Crippen LogP contribution in [0.2, 0.25) is 0 Å². The molecule has 10 heteroatoms. The lowest BCUT2D eigenvalue weighted by molar-refractivity contribution is -0.141. The quantitative estimate of drug-likeness (QED) is 0.646. The van der Waals surface area contributed by atoms with Gasteiger partial charge in [0.25, 0.3) is 10.0 Å². The number of nitrogens with zero attached hydrogens (tertiary/aromatic N) is 2. The summed E-state index contributed by atoms with van der Waals surface area (Å²) in [6.07, 6.45) is -4.16. The van der Waals surface area contributed by atoms with Gasteiger partial charge in [-0.15, -0.1) is 5.10 Å². The lowest BCUT2D eigenvalue weighted by Gasteiger charge is -2.13. The Morgan fingerprint density at radius 1 is 1.10 bits per heavy atom. The maximum Gasteiger partial charge on any atom is 0.435 e. The number of hydrogen-bond acceptors (Lipinski definition) is 4. The molecule has 6 nitrogen and oxygen atoms in total. The zero-order valence-corrected chi connectivity index (χ0v) is 16.4. The van der Waals surface area contributed by atoms with E-state index in [4.69, 9.17) is 4.74 Å². The first-order chi connectivity index (χ1) is 13.7. The molecule has 0 spiro atoms. The molecule has 1 N–H and O–H groups in total. The first-order valence-corrected chi connectivity index (χ1v) is 10.1. The maximum atomic E-state index is 13.2. The third-order valence-electron chi connectivity index (χ3n) is 4.22. The standard InChI is InChI=1S/C19H18F3N3O3S/c1-3-13-11-14(9-10-17(13)28-2)16-12-18(19(20,21)22)23-25(16)24-29(26,27)15-7-5-4-6-8-15/h4-12,24H,3H2,1-2H3. The smallest absolute Gasteiger partial charge is 0.435 e. The molecule has 0 fully saturated rings. The summed E-state index contributed by atoms with van der Waals surface area (Å²) in [6.45, 7) is 1.87. The average Bonchev–Trinajstić information content (AvgIpc) is 3.11. The largest absolute Gasteiger partial charge is 0.496 e. The zero-order chi connectivity index (χ0) is 21.2. The minimum atomic E-state index is -4.74. The normalized spacial score (nSPS) is 12.0. The van der Waals surface area contributed by atoms with Crippen molar-refractivity contribution < 1.29 is 26.3 Å². The molecular formula is C19H18F3N3O3S. The monoisotopic (exact) mass is 425 g/mol. The van der Waals surface area contributed by atoms with Gasteiger partial charge in [-0.2, -0.15) is 31.2 Å². The molecule has 0 atom stereocenters. The van der Waals surface area contributed by atoms with E-state index < -0.39 is 21.9 Å². The lowest BCUT2D eigenvalue weighted by Crippen LogP contribution is -2.25. The van der Waals surface area contributed by atoms with Gasteiger partial charge >= 0.3 is 6.18 Å². The molecule has 0 amide bonds. The first kappa shape index (κ1) is 20.7. The number of ether oxygens (including phenoxy) is 1. The molecule has 3 rings (SSSR count). The fraction of sp³-hybridized carbons (Fsp3) is 0.211. The summed E-state index contributed by atoms with van der Waals surface area (Å²) in [4.78, 5) is 2.64. The van der Waals surface area contributed by atoms with Crippen LogP contribution in [0.1, 0.15) is 18.2 Å². The fourth-order valence-corrected chi connectivity index (χ4v) is 3.76. The predicted molar refractivity (Wildman–Crippen MR) is 102 cm³/mol. The Morgan fingerprint density at radius 3 is 2.38 bits per heavy atom. The van der Waals surface area contributed by atoms with E-state index in [1.807, 2.05) is 6.92 Å². The number of aromatic nitrogens is 2. The van der Waals surface area contributed by atoms with Gasteiger partial charge in [-0.05, 0) is 48.4 Å². The van der Waals surface area contributed by atoms with Crippen LogP contribution in [0.3, 0.4) is 0 Å². The van der Waals surface area contributed by atoms with Gasteiger partial charge in [-0.3, -0.25) is 0 Å². The molecule has 0 aliphatic rings. The van der Waals surface area contributed by atoms with E-state index >= 15 is 0 Å². The van der Waals surface area contributed by atoms with Gasteiger partial charge in [0.2, 0.25) is 0 Å². The van der Waals surface area contributed by atoms with Crippen molar-refractivity contribution in [3.05, 3.63) is 65.9 Å². The van der Waals surface area contributed by atoms with Crippen molar-refractivity contribution in [2.24, 2.45) is 0 Å². The SMILES string of the molecule is CCc1cc(-c2cc(C(F)(F)F)nn2NS(=O)(=O)c2ccccc2)ccc1OC. The summed E-state index contributed by atoms with van der Waals surface area (Å²) >= 11 is 0. The second-order valence-electron chi connectivity index (χ2n) is 6.11. The van der Waals surface area contributed by atoms with E-state index in [0.29, 0.717) is 22.5 Å². The third-order valence-corrected chi connectivity index (χ3v) is 5.52. The van der Waals surface area contributed by atoms with Crippen molar-refractivity contribution in [1.82, 2.24) is 9.89 Å². The van der Waals surface area contributed by atoms with E-state index in [1.54, 1.807) is 24.3 Å². The number of halogens is 3. The summed E-state index contributed by atoms with van der Waals surface area (Å²) in [5.74, 6) is 0.586. The Balaban J connectivity index is 2.11. The molecular weight excluding hydrogens is 407 g/mol. The van der Waals surface area contributed by atoms with E-state index in [-0.39, 0.29) is 10.6 Å². The van der Waals surface area contributed by atoms with Crippen LogP contribution in [-0.2, 0) is 22.6 Å². The van der Waals surface area contributed by atoms with E-state index in [2.05, 4.69) is 9.93 Å². The highest BCUT2D eigenvalue weighted by atomic mass is 32.2. The highest BCUT2D eigenvalue weighted by molar-refractivity contribution is 7.92. The van der Waals surface area contributed by atoms with Gasteiger partial charge < -0.3 is 4.74 Å². The number of nitrogens with one attached hydrogen (secondary N) is 1. The topological polar surface area (TPSA) is 73.2 Å². The number of methoxy groups -OCH3 is 1. The van der Waals surface area contributed by atoms with Crippen molar-refractivity contribution in [3.63, 3.8) is 0 Å². The molecule has 0 bridgehead atoms. The predicted octanol–water partition coefficient (Wildman–Crippen LogP) is 4.07. The van der Waals surface area contributed by atoms with Crippen molar-refractivity contribution in [3.8, 4) is 17.0 Å². The Labute approximate surface area is 166 Å². The lowest BCUT2D eigenvalue weighted by atomic mass is 10.0. The van der Waals surface area contributed by atoms with Crippen molar-refractivity contribution in [1.29, 1.82) is 0 Å². The van der Waals surface area contributed by atoms with Gasteiger partial charge in [0, 0.05) is 5.56 Å². The molecule has 3 aromatic rings. The number of aryl methyl sites for hydroxylation is 1. The molecule has 2 aromatic carbocycles. The second-order valence-corrected chi connectivity index (χ2v) is 7.77. The van der Waals surface area contributed by atoms with Crippen molar-refractivity contribution in [2.75, 3.05) is 11.9 Å². The number of benzene rings is 2. The van der Waals surface area contributed by atoms with Gasteiger partial charge in [-0.25, -0.2) is 0 Å². The van der Waals surface area contributed by atoms with Crippen molar-refractivity contribution >= 4 is 10.0 Å². The number of rotatable bonds is 6. The molecule has 0 aliphatic carbocycles. The highest BCUT2D eigenvalue weighted by Gasteiger charge is 2.36. The molecule has 0 aliphatic heterocycles. The van der Waals surface area contributed by atoms with Crippen LogP contribution in [0, 0.1) is 0 Å². The van der Waals surface area contributed by atoms with Gasteiger partial charge in [-0.1, -0.05) is 25.1 Å². The molecule has 1 aromatic heterocycles. The molecule has 0 saturated carbocycles. The van der Waals surface area contributed by atoms with E-state index in [9.17, 15) is 21.6 Å². The molecule has 0 radical (unpaired) electrons. The summed E-state index contributed by atoms with van der Waals surface area (Å²) in [5.41, 5.74) is -0.134. The van der Waals surface area contributed by atoms with Gasteiger partial charge in [0.15, 0.2) is 5.69 Å². The van der Waals surface area contributed by atoms with Crippen LogP contribution in [0.4, 0.5) is 13.2 Å². The molecule has 1 heterocycles. The van der Waals surface area contributed by atoms with Crippen LogP contribution >= 0.6 is 0 Å². The van der Waals surface area contributed by atoms with Crippen LogP contribution in [0.15, 0.2) is 59.5 Å². The Hall–Kier alpha value is -3.01.